The molecule has 0 bridgehead atoms. The second kappa shape index (κ2) is 4.24. The maximum Gasteiger partial charge on any atom is 0.427 e. The summed E-state index contributed by atoms with van der Waals surface area (Å²) in [5, 5.41) is 0. The normalized spacial score (nSPS) is 18.4. The molecule has 2 radical (unpaired) electrons. The Bertz CT molecular complexity index is 524. The summed E-state index contributed by atoms with van der Waals surface area (Å²) in [5.74, 6) is -4.74. The molecule has 0 saturated heterocycles. The summed E-state index contributed by atoms with van der Waals surface area (Å²) < 4.78 is 111. The van der Waals surface area contributed by atoms with Gasteiger partial charge < -0.3 is 9.31 Å². The van der Waals surface area contributed by atoms with Crippen LogP contribution >= 0.6 is 0 Å². The van der Waals surface area contributed by atoms with Crippen LogP contribution < -0.4 is 4.65 Å². The van der Waals surface area contributed by atoms with Gasteiger partial charge in [-0.05, 0) is 0 Å². The van der Waals surface area contributed by atoms with Gasteiger partial charge in [-0.2, -0.15) is 26.3 Å². The fraction of sp³-hybridized carbons (Fsp3) is 0.333. The SMILES string of the molecule is Fc1cc(F)c2c(c1)O[B-]OC2(C(F)(F)F)C(F)(F)F. The van der Waals surface area contributed by atoms with Crippen molar-refractivity contribution in [1.29, 1.82) is 0 Å². The van der Waals surface area contributed by atoms with Crippen molar-refractivity contribution in [2.45, 2.75) is 18.0 Å². The lowest BCUT2D eigenvalue weighted by Crippen LogP contribution is -2.59. The van der Waals surface area contributed by atoms with Crippen molar-refractivity contribution in [2.24, 2.45) is 0 Å². The van der Waals surface area contributed by atoms with Gasteiger partial charge >= 0.3 is 12.4 Å². The Morgan fingerprint density at radius 2 is 1.50 bits per heavy atom. The minimum Gasteiger partial charge on any atom is -0.741 e. The number of rotatable bonds is 0. The van der Waals surface area contributed by atoms with Crippen LogP contribution in [0.4, 0.5) is 35.1 Å². The molecule has 1 aromatic rings. The smallest absolute Gasteiger partial charge is 0.427 e. The highest BCUT2D eigenvalue weighted by molar-refractivity contribution is 6.20. The van der Waals surface area contributed by atoms with E-state index in [0.29, 0.717) is 0 Å². The molecule has 0 N–H and O–H groups in total. The van der Waals surface area contributed by atoms with Gasteiger partial charge in [0.2, 0.25) is 5.60 Å². The van der Waals surface area contributed by atoms with E-state index in [-0.39, 0.29) is 19.8 Å². The number of halogens is 8. The maximum atomic E-state index is 13.5. The number of fused-ring (bicyclic) bond motifs is 1. The van der Waals surface area contributed by atoms with Crippen LogP contribution in [-0.4, -0.2) is 20.0 Å². The lowest BCUT2D eigenvalue weighted by Gasteiger charge is -2.48. The van der Waals surface area contributed by atoms with Crippen molar-refractivity contribution in [3.63, 3.8) is 0 Å². The van der Waals surface area contributed by atoms with Gasteiger partial charge in [0.25, 0.3) is 0 Å². The lowest BCUT2D eigenvalue weighted by atomic mass is 9.87. The Balaban J connectivity index is 2.83. The topological polar surface area (TPSA) is 18.5 Å². The molecule has 0 amide bonds. The molecule has 1 aliphatic rings. The van der Waals surface area contributed by atoms with Gasteiger partial charge in [0.1, 0.15) is 11.6 Å². The third-order valence-electron chi connectivity index (χ3n) is 2.57. The van der Waals surface area contributed by atoms with Crippen LogP contribution in [0.15, 0.2) is 12.1 Å². The van der Waals surface area contributed by atoms with Gasteiger partial charge in [0.05, 0.1) is 19.0 Å². The highest BCUT2D eigenvalue weighted by Gasteiger charge is 2.73. The molecule has 0 unspecified atom stereocenters. The van der Waals surface area contributed by atoms with E-state index in [0.717, 1.165) is 0 Å². The molecule has 0 saturated carbocycles. The summed E-state index contributed by atoms with van der Waals surface area (Å²) in [5.41, 5.74) is -6.92. The molecule has 1 aliphatic heterocycles. The number of hydrogen-bond donors (Lipinski definition) is 0. The Morgan fingerprint density at radius 1 is 0.950 bits per heavy atom. The predicted molar refractivity (Wildman–Crippen MR) is 47.6 cm³/mol. The van der Waals surface area contributed by atoms with Crippen molar-refractivity contribution >= 4 is 7.69 Å². The predicted octanol–water partition coefficient (Wildman–Crippen LogP) is 3.23. The van der Waals surface area contributed by atoms with Crippen molar-refractivity contribution in [1.82, 2.24) is 0 Å². The Morgan fingerprint density at radius 3 is 2.00 bits per heavy atom. The molecule has 2 nitrogen and oxygen atoms in total. The van der Waals surface area contributed by atoms with E-state index in [4.69, 9.17) is 0 Å². The van der Waals surface area contributed by atoms with Gasteiger partial charge in [-0.25, -0.2) is 8.78 Å². The first-order valence-electron chi connectivity index (χ1n) is 4.80. The average Bonchev–Trinajstić information content (AvgIpc) is 2.24. The van der Waals surface area contributed by atoms with Crippen molar-refractivity contribution in [3.05, 3.63) is 29.3 Å². The van der Waals surface area contributed by atoms with E-state index in [9.17, 15) is 35.1 Å². The largest absolute Gasteiger partial charge is 0.741 e. The van der Waals surface area contributed by atoms with Crippen molar-refractivity contribution in [2.75, 3.05) is 0 Å². The van der Waals surface area contributed by atoms with Gasteiger partial charge in [0, 0.05) is 12.1 Å². The van der Waals surface area contributed by atoms with Crippen LogP contribution in [0, 0.1) is 11.6 Å². The van der Waals surface area contributed by atoms with Crippen molar-refractivity contribution in [3.8, 4) is 5.75 Å². The molecule has 11 heteroatoms. The highest BCUT2D eigenvalue weighted by Crippen LogP contribution is 2.56. The Kier molecular flexibility index (Phi) is 3.15. The van der Waals surface area contributed by atoms with E-state index >= 15 is 0 Å². The van der Waals surface area contributed by atoms with E-state index in [1.165, 1.54) is 0 Å². The van der Waals surface area contributed by atoms with Crippen LogP contribution in [0.25, 0.3) is 0 Å². The Hall–Kier alpha value is -1.52. The number of benzene rings is 1. The second-order valence-electron chi connectivity index (χ2n) is 3.77. The monoisotopic (exact) mass is 305 g/mol. The minimum atomic E-state index is -6.04. The van der Waals surface area contributed by atoms with Crippen LogP contribution in [-0.2, 0) is 10.3 Å². The Labute approximate surface area is 106 Å². The molecule has 2 rings (SSSR count). The standard InChI is InChI=1S/C9H2BF8O2/c11-3-1-4(12)6-5(2-3)19-10-20-7(6,8(13,14)15)9(16,17)18/h1-2H/q-1. The summed E-state index contributed by atoms with van der Waals surface area (Å²) in [6, 6.07) is 0.0762. The fourth-order valence-corrected chi connectivity index (χ4v) is 1.77. The molecular weight excluding hydrogens is 303 g/mol. The molecule has 0 fully saturated rings. The minimum absolute atomic E-state index is 0.122. The van der Waals surface area contributed by atoms with E-state index in [1.54, 1.807) is 0 Å². The quantitative estimate of drug-likeness (QED) is 0.541. The summed E-state index contributed by atoms with van der Waals surface area (Å²) in [6.07, 6.45) is -12.1. The molecular formula is C9H2BF8O2-. The number of hydrogen-bond acceptors (Lipinski definition) is 2. The third-order valence-corrected chi connectivity index (χ3v) is 2.57. The number of alkyl halides is 6. The zero-order chi connectivity index (χ0) is 15.3. The van der Waals surface area contributed by atoms with Crippen molar-refractivity contribution < 1.29 is 44.4 Å². The molecule has 0 atom stereocenters. The lowest BCUT2D eigenvalue weighted by molar-refractivity contribution is -0.371. The fourth-order valence-electron chi connectivity index (χ4n) is 1.77. The first kappa shape index (κ1) is 14.9. The van der Waals surface area contributed by atoms with Gasteiger partial charge in [0.15, 0.2) is 0 Å². The van der Waals surface area contributed by atoms with Gasteiger partial charge in [-0.3, -0.25) is 0 Å². The van der Waals surface area contributed by atoms with Crippen LogP contribution in [0.1, 0.15) is 5.56 Å². The zero-order valence-electron chi connectivity index (χ0n) is 9.07. The average molecular weight is 305 g/mol. The van der Waals surface area contributed by atoms with Crippen LogP contribution in [0.5, 0.6) is 5.75 Å². The molecule has 1 aromatic carbocycles. The summed E-state index contributed by atoms with van der Waals surface area (Å²) in [6.45, 7) is 0. The third kappa shape index (κ3) is 1.91. The van der Waals surface area contributed by atoms with E-state index in [1.807, 2.05) is 0 Å². The first-order chi connectivity index (χ1) is 9.00. The molecule has 110 valence electrons. The summed E-state index contributed by atoms with van der Waals surface area (Å²) >= 11 is 0. The van der Waals surface area contributed by atoms with Crippen LogP contribution in [0.2, 0.25) is 0 Å². The molecule has 0 aliphatic carbocycles. The zero-order valence-corrected chi connectivity index (χ0v) is 9.07. The highest BCUT2D eigenvalue weighted by atomic mass is 19.4. The van der Waals surface area contributed by atoms with Gasteiger partial charge in [-0.1, -0.05) is 0 Å². The molecule has 1 heterocycles. The second-order valence-corrected chi connectivity index (χ2v) is 3.77. The van der Waals surface area contributed by atoms with E-state index < -0.39 is 40.9 Å². The van der Waals surface area contributed by atoms with Crippen LogP contribution in [0.3, 0.4) is 0 Å². The summed E-state index contributed by atoms with van der Waals surface area (Å²) in [7, 11) is -0.262. The van der Waals surface area contributed by atoms with Gasteiger partial charge in [-0.15, -0.1) is 0 Å². The molecule has 0 spiro atoms. The molecule has 20 heavy (non-hydrogen) atoms. The maximum absolute atomic E-state index is 13.5. The van der Waals surface area contributed by atoms with E-state index in [2.05, 4.69) is 9.31 Å². The summed E-state index contributed by atoms with van der Waals surface area (Å²) in [4.78, 5) is 0. The molecule has 0 aromatic heterocycles. The first-order valence-corrected chi connectivity index (χ1v) is 4.80.